The summed E-state index contributed by atoms with van der Waals surface area (Å²) < 4.78 is 30.3. The van der Waals surface area contributed by atoms with Crippen LogP contribution in [-0.2, 0) is 33.3 Å². The number of aliphatic hydroxyl groups is 1. The van der Waals surface area contributed by atoms with Crippen molar-refractivity contribution in [1.82, 2.24) is 30.7 Å². The number of halogens is 1. The lowest BCUT2D eigenvalue weighted by Crippen LogP contribution is -2.74. The summed E-state index contributed by atoms with van der Waals surface area (Å²) in [5, 5.41) is 29.7. The first-order chi connectivity index (χ1) is 37.6. The van der Waals surface area contributed by atoms with Gasteiger partial charge in [0.25, 0.3) is 5.91 Å². The second-order valence-corrected chi connectivity index (χ2v) is 24.2. The molecular formula is C59H79ClN8O10S. The zero-order chi connectivity index (χ0) is 57.1. The molecule has 1 saturated carbocycles. The Kier molecular flexibility index (Phi) is 21.0. The van der Waals surface area contributed by atoms with E-state index in [9.17, 15) is 29.5 Å². The lowest BCUT2D eigenvalue weighted by atomic mass is 9.49. The third-order valence-corrected chi connectivity index (χ3v) is 16.5. The van der Waals surface area contributed by atoms with Gasteiger partial charge < -0.3 is 54.5 Å². The number of benzene rings is 3. The molecule has 0 unspecified atom stereocenters. The van der Waals surface area contributed by atoms with Crippen molar-refractivity contribution in [2.45, 2.75) is 105 Å². The number of likely N-dealkylation sites (tertiary alicyclic amines) is 1. The summed E-state index contributed by atoms with van der Waals surface area (Å²) in [7, 11) is 0. The second kappa shape index (κ2) is 27.2. The largest absolute Gasteiger partial charge is 0.489 e. The van der Waals surface area contributed by atoms with Gasteiger partial charge in [-0.1, -0.05) is 84.3 Å². The standard InChI is InChI=1S/C59H79ClN8O10S/c1-38(40-10-12-41(13-11-40)50-39(2)62-37-79-50)63-53(72)48-32-45(69)35-68(48)54(73)51(57(3,4)5)64-49(70)36-66-20-24-74-28-30-76-26-22-67(23-27-77-31-29-75-25-21-66)44-17-14-42(15-18-44)52(71)65-55-58(6,7)56(59(55,8)9)78-46-19-16-43(34-61)47(60)33-46/h10-19,33,37-38,45,48,51,55-56,69H,20-32,35-36H2,1-9H3,(H,63,72)(H,64,70)(H,65,71)/t38-,45+,48-,51+,55?,56?/m0/s1. The maximum absolute atomic E-state index is 14.4. The molecule has 428 valence electrons. The topological polar surface area (TPSA) is 217 Å². The number of nitrogens with zero attached hydrogens (tertiary/aromatic N) is 5. The predicted molar refractivity (Wildman–Crippen MR) is 304 cm³/mol. The van der Waals surface area contributed by atoms with Gasteiger partial charge in [-0.25, -0.2) is 4.98 Å². The number of hydrogen-bond acceptors (Lipinski definition) is 15. The first kappa shape index (κ1) is 60.9. The fraction of sp³-hybridized carbons (Fsp3) is 0.559. The lowest BCUT2D eigenvalue weighted by molar-refractivity contribution is -0.164. The van der Waals surface area contributed by atoms with Crippen molar-refractivity contribution in [3.05, 3.63) is 99.6 Å². The molecule has 3 heterocycles. The molecule has 4 N–H and O–H groups in total. The van der Waals surface area contributed by atoms with Crippen molar-refractivity contribution >= 4 is 52.3 Å². The second-order valence-electron chi connectivity index (χ2n) is 22.9. The van der Waals surface area contributed by atoms with Crippen LogP contribution in [0.3, 0.4) is 0 Å². The number of carbonyl (C=O) groups excluding carboxylic acids is 4. The summed E-state index contributed by atoms with van der Waals surface area (Å²) in [6.07, 6.45) is -1.04. The molecule has 3 aromatic carbocycles. The number of thiazole rings is 1. The molecule has 3 fully saturated rings. The summed E-state index contributed by atoms with van der Waals surface area (Å²) in [6.45, 7) is 22.5. The molecule has 0 bridgehead atoms. The van der Waals surface area contributed by atoms with Crippen molar-refractivity contribution in [3.8, 4) is 22.3 Å². The summed E-state index contributed by atoms with van der Waals surface area (Å²) >= 11 is 7.86. The molecule has 1 aromatic heterocycles. The number of anilines is 1. The fourth-order valence-electron chi connectivity index (χ4n) is 11.1. The number of aryl methyl sites for hydroxylation is 1. The Morgan fingerprint density at radius 3 is 2.00 bits per heavy atom. The molecule has 2 aliphatic heterocycles. The lowest BCUT2D eigenvalue weighted by Gasteiger charge is -2.63. The van der Waals surface area contributed by atoms with Crippen LogP contribution in [-0.4, -0.2) is 166 Å². The van der Waals surface area contributed by atoms with Crippen LogP contribution in [0.4, 0.5) is 5.69 Å². The van der Waals surface area contributed by atoms with Crippen LogP contribution in [0.25, 0.3) is 10.4 Å². The molecule has 20 heteroatoms. The Bertz CT molecular complexity index is 2710. The van der Waals surface area contributed by atoms with Gasteiger partial charge in [0.05, 0.1) is 98.2 Å². The van der Waals surface area contributed by atoms with E-state index in [1.54, 1.807) is 29.5 Å². The van der Waals surface area contributed by atoms with Gasteiger partial charge in [0, 0.05) is 73.3 Å². The van der Waals surface area contributed by atoms with E-state index in [-0.39, 0.29) is 55.4 Å². The van der Waals surface area contributed by atoms with E-state index in [1.807, 2.05) is 93.6 Å². The van der Waals surface area contributed by atoms with Crippen molar-refractivity contribution in [1.29, 1.82) is 5.26 Å². The highest BCUT2D eigenvalue weighted by atomic mass is 35.5. The number of carbonyl (C=O) groups is 4. The number of aromatic nitrogens is 1. The SMILES string of the molecule is Cc1ncsc1-c1ccc([C@H](C)NC(=O)[C@@H]2C[C@@H](O)CN2C(=O)[C@@H](NC(=O)CN2CCOCCOCCN(c3ccc(C(=O)NC4C(C)(C)C(Oc5ccc(C#N)c(Cl)c5)C4(C)C)cc3)CCOCCOCC2)C(C)(C)C)cc1. The van der Waals surface area contributed by atoms with E-state index < -0.39 is 40.3 Å². The zero-order valence-corrected chi connectivity index (χ0v) is 48.7. The van der Waals surface area contributed by atoms with Gasteiger partial charge in [0.1, 0.15) is 30.0 Å². The van der Waals surface area contributed by atoms with Crippen LogP contribution in [0.2, 0.25) is 5.02 Å². The molecule has 4 aromatic rings. The number of nitriles is 1. The first-order valence-corrected chi connectivity index (χ1v) is 28.5. The molecule has 3 aliphatic rings. The number of ether oxygens (including phenoxy) is 5. The average Bonchev–Trinajstić information content (AvgIpc) is 4.11. The highest BCUT2D eigenvalue weighted by Crippen LogP contribution is 2.55. The molecule has 1 aliphatic carbocycles. The Morgan fingerprint density at radius 1 is 0.861 bits per heavy atom. The number of β-amino-alcohol motifs (C(OH)–C–C–N with tert-alkyl or cyclic N) is 1. The Balaban J connectivity index is 0.868. The Labute approximate surface area is 474 Å². The van der Waals surface area contributed by atoms with E-state index in [0.717, 1.165) is 27.4 Å². The highest BCUT2D eigenvalue weighted by Gasteiger charge is 2.64. The summed E-state index contributed by atoms with van der Waals surface area (Å²) in [5.74, 6) is -0.787. The van der Waals surface area contributed by atoms with Gasteiger partial charge in [0.2, 0.25) is 17.7 Å². The van der Waals surface area contributed by atoms with Gasteiger partial charge in [0.15, 0.2) is 0 Å². The van der Waals surface area contributed by atoms with Crippen LogP contribution in [0, 0.1) is 34.5 Å². The van der Waals surface area contributed by atoms with Crippen LogP contribution >= 0.6 is 22.9 Å². The number of aliphatic hydroxyl groups excluding tert-OH is 1. The molecule has 4 atom stereocenters. The van der Waals surface area contributed by atoms with E-state index in [2.05, 4.69) is 59.6 Å². The minimum Gasteiger partial charge on any atom is -0.489 e. The first-order valence-electron chi connectivity index (χ1n) is 27.2. The third kappa shape index (κ3) is 15.6. The van der Waals surface area contributed by atoms with E-state index in [0.29, 0.717) is 101 Å². The number of amides is 4. The minimum absolute atomic E-state index is 0.0302. The van der Waals surface area contributed by atoms with Crippen LogP contribution in [0.5, 0.6) is 5.75 Å². The van der Waals surface area contributed by atoms with Gasteiger partial charge in [-0.05, 0) is 66.8 Å². The van der Waals surface area contributed by atoms with E-state index >= 15 is 0 Å². The van der Waals surface area contributed by atoms with Gasteiger partial charge in [-0.2, -0.15) is 5.26 Å². The summed E-state index contributed by atoms with van der Waals surface area (Å²) in [5.41, 5.74) is 5.00. The number of rotatable bonds is 13. The predicted octanol–water partition coefficient (Wildman–Crippen LogP) is 6.81. The average molecular weight is 1130 g/mol. The highest BCUT2D eigenvalue weighted by molar-refractivity contribution is 7.13. The van der Waals surface area contributed by atoms with Crippen molar-refractivity contribution in [2.75, 3.05) is 97.0 Å². The normalized spacial score (nSPS) is 22.5. The molecular weight excluding hydrogens is 1050 g/mol. The maximum atomic E-state index is 14.4. The van der Waals surface area contributed by atoms with Gasteiger partial charge in [-0.3, -0.25) is 24.1 Å². The quantitative estimate of drug-likeness (QED) is 0.108. The number of nitrogens with one attached hydrogen (secondary N) is 3. The zero-order valence-electron chi connectivity index (χ0n) is 47.1. The van der Waals surface area contributed by atoms with Crippen LogP contribution < -0.4 is 25.6 Å². The Hall–Kier alpha value is -5.69. The molecule has 0 spiro atoms. The monoisotopic (exact) mass is 1130 g/mol. The summed E-state index contributed by atoms with van der Waals surface area (Å²) in [4.78, 5) is 66.7. The van der Waals surface area contributed by atoms with Gasteiger partial charge >= 0.3 is 0 Å². The molecule has 7 rings (SSSR count). The maximum Gasteiger partial charge on any atom is 0.251 e. The fourth-order valence-corrected chi connectivity index (χ4v) is 12.1. The van der Waals surface area contributed by atoms with Crippen molar-refractivity contribution < 1.29 is 48.0 Å². The molecule has 0 radical (unpaired) electrons. The van der Waals surface area contributed by atoms with Crippen molar-refractivity contribution in [2.24, 2.45) is 16.2 Å². The van der Waals surface area contributed by atoms with Crippen LogP contribution in [0.1, 0.15) is 95.0 Å². The molecule has 2 saturated heterocycles. The number of hydrogen-bond donors (Lipinski definition) is 4. The Morgan fingerprint density at radius 2 is 1.46 bits per heavy atom. The summed E-state index contributed by atoms with van der Waals surface area (Å²) in [6, 6.07) is 20.1. The molecule has 79 heavy (non-hydrogen) atoms. The van der Waals surface area contributed by atoms with E-state index in [1.165, 1.54) is 4.90 Å². The van der Waals surface area contributed by atoms with E-state index in [4.69, 9.17) is 35.3 Å². The molecule has 4 amide bonds. The van der Waals surface area contributed by atoms with Gasteiger partial charge in [-0.15, -0.1) is 11.3 Å². The molecule has 18 nitrogen and oxygen atoms in total. The third-order valence-electron chi connectivity index (χ3n) is 15.2. The van der Waals surface area contributed by atoms with Crippen molar-refractivity contribution in [3.63, 3.8) is 0 Å². The minimum atomic E-state index is -0.984. The smallest absolute Gasteiger partial charge is 0.251 e. The van der Waals surface area contributed by atoms with Crippen LogP contribution in [0.15, 0.2) is 72.2 Å².